The smallest absolute Gasteiger partial charge is 0.235 e. The van der Waals surface area contributed by atoms with Crippen molar-refractivity contribution in [2.45, 2.75) is 13.8 Å². The van der Waals surface area contributed by atoms with E-state index in [1.165, 1.54) is 0 Å². The topological polar surface area (TPSA) is 53.7 Å². The third-order valence-corrected chi connectivity index (χ3v) is 4.99. The molecule has 3 aromatic carbocycles. The van der Waals surface area contributed by atoms with E-state index < -0.39 is 5.43 Å². The fraction of sp³-hybridized carbons (Fsp3) is 0.174. The van der Waals surface area contributed by atoms with Crippen LogP contribution in [-0.4, -0.2) is 18.2 Å². The van der Waals surface area contributed by atoms with E-state index in [1.807, 2.05) is 54.6 Å². The van der Waals surface area contributed by atoms with E-state index in [9.17, 15) is 9.90 Å². The van der Waals surface area contributed by atoms with Crippen molar-refractivity contribution in [1.29, 1.82) is 0 Å². The largest absolute Gasteiger partial charge is 0.502 e. The van der Waals surface area contributed by atoms with E-state index in [-0.39, 0.29) is 11.5 Å². The minimum atomic E-state index is -0.412. The minimum Gasteiger partial charge on any atom is -0.502 e. The van der Waals surface area contributed by atoms with Crippen LogP contribution in [0.4, 0.5) is 5.69 Å². The first-order chi connectivity index (χ1) is 13.1. The van der Waals surface area contributed by atoms with Crippen molar-refractivity contribution in [3.05, 3.63) is 70.9 Å². The fourth-order valence-corrected chi connectivity index (χ4v) is 3.48. The maximum Gasteiger partial charge on any atom is 0.235 e. The lowest BCUT2D eigenvalue weighted by molar-refractivity contribution is 0.449. The van der Waals surface area contributed by atoms with Crippen molar-refractivity contribution in [2.75, 3.05) is 18.0 Å². The van der Waals surface area contributed by atoms with Crippen molar-refractivity contribution < 1.29 is 9.52 Å². The summed E-state index contributed by atoms with van der Waals surface area (Å²) >= 11 is 0. The average molecular weight is 359 g/mol. The number of benzene rings is 3. The third kappa shape index (κ3) is 2.93. The van der Waals surface area contributed by atoms with Crippen LogP contribution in [0.5, 0.6) is 5.75 Å². The van der Waals surface area contributed by atoms with E-state index in [0.29, 0.717) is 16.5 Å². The second kappa shape index (κ2) is 6.80. The van der Waals surface area contributed by atoms with Crippen LogP contribution in [0.25, 0.3) is 33.1 Å². The van der Waals surface area contributed by atoms with E-state index in [1.54, 1.807) is 6.07 Å². The molecule has 136 valence electrons. The average Bonchev–Trinajstić information content (AvgIpc) is 2.71. The summed E-state index contributed by atoms with van der Waals surface area (Å²) in [4.78, 5) is 14.9. The summed E-state index contributed by atoms with van der Waals surface area (Å²) < 4.78 is 5.96. The molecule has 1 N–H and O–H groups in total. The Labute approximate surface area is 157 Å². The highest BCUT2D eigenvalue weighted by atomic mass is 16.4. The third-order valence-electron chi connectivity index (χ3n) is 4.99. The monoisotopic (exact) mass is 359 g/mol. The van der Waals surface area contributed by atoms with Gasteiger partial charge in [0.25, 0.3) is 0 Å². The summed E-state index contributed by atoms with van der Waals surface area (Å²) in [6.07, 6.45) is 0. The number of hydrogen-bond donors (Lipinski definition) is 1. The predicted octanol–water partition coefficient (Wildman–Crippen LogP) is 5.17. The number of anilines is 1. The molecule has 0 radical (unpaired) electrons. The zero-order chi connectivity index (χ0) is 19.0. The number of fused-ring (bicyclic) bond motifs is 2. The van der Waals surface area contributed by atoms with Gasteiger partial charge in [-0.2, -0.15) is 0 Å². The predicted molar refractivity (Wildman–Crippen MR) is 111 cm³/mol. The molecular formula is C23H21NO3. The molecule has 0 aliphatic carbocycles. The summed E-state index contributed by atoms with van der Waals surface area (Å²) in [5.74, 6) is -0.151. The highest BCUT2D eigenvalue weighted by Gasteiger charge is 2.16. The molecule has 4 aromatic rings. The molecule has 4 nitrogen and oxygen atoms in total. The summed E-state index contributed by atoms with van der Waals surface area (Å²) in [5.41, 5.74) is 1.83. The fourth-order valence-electron chi connectivity index (χ4n) is 3.48. The van der Waals surface area contributed by atoms with Crippen molar-refractivity contribution in [2.24, 2.45) is 0 Å². The molecule has 27 heavy (non-hydrogen) atoms. The Bertz CT molecular complexity index is 1170. The van der Waals surface area contributed by atoms with Crippen LogP contribution in [0.15, 0.2) is 69.9 Å². The molecule has 0 bridgehead atoms. The van der Waals surface area contributed by atoms with Gasteiger partial charge in [0.05, 0.1) is 5.39 Å². The van der Waals surface area contributed by atoms with Gasteiger partial charge in [0.1, 0.15) is 5.58 Å². The van der Waals surface area contributed by atoms with Gasteiger partial charge in [0.15, 0.2) is 5.76 Å². The lowest BCUT2D eigenvalue weighted by atomic mass is 10.1. The Morgan fingerprint density at radius 2 is 1.56 bits per heavy atom. The highest BCUT2D eigenvalue weighted by molar-refractivity contribution is 5.96. The van der Waals surface area contributed by atoms with Crippen LogP contribution >= 0.6 is 0 Å². The van der Waals surface area contributed by atoms with E-state index in [0.717, 1.165) is 29.5 Å². The lowest BCUT2D eigenvalue weighted by Crippen LogP contribution is -2.21. The van der Waals surface area contributed by atoms with Gasteiger partial charge in [-0.1, -0.05) is 24.3 Å². The Hall–Kier alpha value is -3.27. The zero-order valence-corrected chi connectivity index (χ0v) is 15.4. The first kappa shape index (κ1) is 17.2. The van der Waals surface area contributed by atoms with Gasteiger partial charge in [-0.15, -0.1) is 0 Å². The highest BCUT2D eigenvalue weighted by Crippen LogP contribution is 2.32. The van der Waals surface area contributed by atoms with Gasteiger partial charge in [-0.25, -0.2) is 0 Å². The van der Waals surface area contributed by atoms with Crippen molar-refractivity contribution in [1.82, 2.24) is 0 Å². The Balaban J connectivity index is 1.87. The quantitative estimate of drug-likeness (QED) is 0.511. The SMILES string of the molecule is CCN(CC)c1ccc(-c2oc3cc4ccccc4cc3c(=O)c2O)cc1. The number of hydrogen-bond acceptors (Lipinski definition) is 4. The van der Waals surface area contributed by atoms with Crippen molar-refractivity contribution in [3.63, 3.8) is 0 Å². The van der Waals surface area contributed by atoms with Crippen molar-refractivity contribution in [3.8, 4) is 17.1 Å². The standard InChI is InChI=1S/C23H21NO3/c1-3-24(4-2)18-11-9-15(10-12-18)23-22(26)21(25)19-13-16-7-5-6-8-17(16)14-20(19)27-23/h5-14,26H,3-4H2,1-2H3. The Morgan fingerprint density at radius 1 is 0.926 bits per heavy atom. The molecule has 0 saturated carbocycles. The summed E-state index contributed by atoms with van der Waals surface area (Å²) in [7, 11) is 0. The molecule has 4 heteroatoms. The molecule has 1 heterocycles. The van der Waals surface area contributed by atoms with Crippen LogP contribution in [0.1, 0.15) is 13.8 Å². The van der Waals surface area contributed by atoms with E-state index in [4.69, 9.17) is 4.42 Å². The molecule has 0 spiro atoms. The van der Waals surface area contributed by atoms with E-state index >= 15 is 0 Å². The van der Waals surface area contributed by atoms with Crippen LogP contribution < -0.4 is 10.3 Å². The molecule has 0 atom stereocenters. The first-order valence-electron chi connectivity index (χ1n) is 9.16. The Kier molecular flexibility index (Phi) is 4.32. The van der Waals surface area contributed by atoms with Gasteiger partial charge >= 0.3 is 0 Å². The molecule has 0 aliphatic heterocycles. The van der Waals surface area contributed by atoms with Gasteiger partial charge in [0, 0.05) is 24.3 Å². The number of aromatic hydroxyl groups is 1. The lowest BCUT2D eigenvalue weighted by Gasteiger charge is -2.21. The number of nitrogens with zero attached hydrogens (tertiary/aromatic N) is 1. The summed E-state index contributed by atoms with van der Waals surface area (Å²) in [6.45, 7) is 6.05. The second-order valence-corrected chi connectivity index (χ2v) is 6.52. The van der Waals surface area contributed by atoms with Crippen LogP contribution in [0.2, 0.25) is 0 Å². The summed E-state index contributed by atoms with van der Waals surface area (Å²) in [5, 5.41) is 12.8. The first-order valence-corrected chi connectivity index (χ1v) is 9.16. The maximum atomic E-state index is 12.7. The van der Waals surface area contributed by atoms with Crippen molar-refractivity contribution >= 4 is 27.4 Å². The normalized spacial score (nSPS) is 11.2. The van der Waals surface area contributed by atoms with Crippen LogP contribution in [0, 0.1) is 0 Å². The molecule has 1 aromatic heterocycles. The summed E-state index contributed by atoms with van der Waals surface area (Å²) in [6, 6.07) is 19.1. The molecule has 0 amide bonds. The molecule has 0 fully saturated rings. The Morgan fingerprint density at radius 3 is 2.19 bits per heavy atom. The van der Waals surface area contributed by atoms with Gasteiger partial charge in [0.2, 0.25) is 11.2 Å². The minimum absolute atomic E-state index is 0.203. The van der Waals surface area contributed by atoms with Crippen LogP contribution in [-0.2, 0) is 0 Å². The van der Waals surface area contributed by atoms with Gasteiger partial charge < -0.3 is 14.4 Å². The second-order valence-electron chi connectivity index (χ2n) is 6.52. The molecule has 4 rings (SSSR count). The maximum absolute atomic E-state index is 12.7. The van der Waals surface area contributed by atoms with Gasteiger partial charge in [-0.05, 0) is 61.0 Å². The number of rotatable bonds is 4. The van der Waals surface area contributed by atoms with Crippen LogP contribution in [0.3, 0.4) is 0 Å². The zero-order valence-electron chi connectivity index (χ0n) is 15.4. The van der Waals surface area contributed by atoms with E-state index in [2.05, 4.69) is 18.7 Å². The molecule has 0 unspecified atom stereocenters. The van der Waals surface area contributed by atoms with Gasteiger partial charge in [-0.3, -0.25) is 4.79 Å². The molecule has 0 aliphatic rings. The molecular weight excluding hydrogens is 338 g/mol. The molecule has 0 saturated heterocycles.